The van der Waals surface area contributed by atoms with Crippen molar-refractivity contribution >= 4 is 17.5 Å². The second-order valence-corrected chi connectivity index (χ2v) is 6.10. The van der Waals surface area contributed by atoms with Gasteiger partial charge in [-0.05, 0) is 30.2 Å². The number of nitrogens with two attached hydrogens (primary N) is 1. The lowest BCUT2D eigenvalue weighted by molar-refractivity contribution is 0.0858. The summed E-state index contributed by atoms with van der Waals surface area (Å²) in [5, 5.41) is 4.34. The van der Waals surface area contributed by atoms with Crippen LogP contribution in [0.25, 0.3) is 11.4 Å². The number of hydrogen-bond donors (Lipinski definition) is 1. The molecule has 0 amide bonds. The first-order valence-corrected chi connectivity index (χ1v) is 8.12. The molecule has 1 aliphatic heterocycles. The van der Waals surface area contributed by atoms with E-state index in [0.717, 1.165) is 29.8 Å². The third-order valence-corrected chi connectivity index (χ3v) is 4.55. The average Bonchev–Trinajstić information content (AvgIpc) is 3.04. The number of nitrogen functional groups attached to an aromatic ring is 1. The maximum absolute atomic E-state index is 13.1. The number of benzene rings is 1. The minimum atomic E-state index is -0.276. The summed E-state index contributed by atoms with van der Waals surface area (Å²) >= 11 is 0. The van der Waals surface area contributed by atoms with Crippen LogP contribution >= 0.6 is 0 Å². The lowest BCUT2D eigenvalue weighted by Crippen LogP contribution is -2.33. The molecule has 1 aliphatic rings. The first kappa shape index (κ1) is 15.3. The van der Waals surface area contributed by atoms with Crippen molar-refractivity contribution in [2.24, 2.45) is 0 Å². The highest BCUT2D eigenvalue weighted by atomic mass is 16.2. The fourth-order valence-electron chi connectivity index (χ4n) is 3.24. The molecule has 25 heavy (non-hydrogen) atoms. The largest absolute Gasteiger partial charge is 0.374 e. The van der Waals surface area contributed by atoms with E-state index in [4.69, 9.17) is 5.73 Å². The Hall–Kier alpha value is -3.22. The molecule has 1 aromatic carbocycles. The standard InChI is InChI=1S/C18H18N6O/c1-23-11-8-14(13-4-2-3-5-15(13)23)17(25)24-18(19)21-16(22-24)12-6-9-20-10-7-12/h2-7,9-10,14H,8,11H2,1H3,(H2,19,21,22). The van der Waals surface area contributed by atoms with Crippen LogP contribution in [0.4, 0.5) is 11.6 Å². The number of anilines is 2. The number of pyridine rings is 1. The van der Waals surface area contributed by atoms with E-state index >= 15 is 0 Å². The number of fused-ring (bicyclic) bond motifs is 1. The molecule has 0 saturated carbocycles. The predicted molar refractivity (Wildman–Crippen MR) is 95.4 cm³/mol. The molecule has 0 saturated heterocycles. The zero-order valence-corrected chi connectivity index (χ0v) is 13.8. The first-order valence-electron chi connectivity index (χ1n) is 8.12. The molecule has 0 bridgehead atoms. The quantitative estimate of drug-likeness (QED) is 0.772. The molecular formula is C18H18N6O. The summed E-state index contributed by atoms with van der Waals surface area (Å²) in [6.07, 6.45) is 4.03. The van der Waals surface area contributed by atoms with E-state index in [-0.39, 0.29) is 17.8 Å². The Morgan fingerprint density at radius 3 is 2.76 bits per heavy atom. The van der Waals surface area contributed by atoms with Crippen molar-refractivity contribution in [3.05, 3.63) is 54.4 Å². The van der Waals surface area contributed by atoms with Gasteiger partial charge in [-0.15, -0.1) is 5.10 Å². The van der Waals surface area contributed by atoms with Gasteiger partial charge in [-0.3, -0.25) is 9.78 Å². The summed E-state index contributed by atoms with van der Waals surface area (Å²) in [6, 6.07) is 11.5. The lowest BCUT2D eigenvalue weighted by atomic mass is 9.89. The molecule has 4 rings (SSSR count). The maximum Gasteiger partial charge on any atom is 0.257 e. The molecule has 2 aromatic heterocycles. The Morgan fingerprint density at radius 2 is 1.96 bits per heavy atom. The third kappa shape index (κ3) is 2.63. The number of aromatic nitrogens is 4. The third-order valence-electron chi connectivity index (χ3n) is 4.55. The molecule has 0 fully saturated rings. The van der Waals surface area contributed by atoms with E-state index in [1.807, 2.05) is 31.3 Å². The van der Waals surface area contributed by atoms with Gasteiger partial charge in [0, 0.05) is 37.2 Å². The molecule has 2 N–H and O–H groups in total. The average molecular weight is 334 g/mol. The van der Waals surface area contributed by atoms with Gasteiger partial charge in [-0.25, -0.2) is 0 Å². The number of para-hydroxylation sites is 1. The normalized spacial score (nSPS) is 16.5. The van der Waals surface area contributed by atoms with E-state index in [0.29, 0.717) is 5.82 Å². The summed E-state index contributed by atoms with van der Waals surface area (Å²) < 4.78 is 1.22. The first-order chi connectivity index (χ1) is 12.1. The number of hydrogen-bond acceptors (Lipinski definition) is 6. The van der Waals surface area contributed by atoms with E-state index in [1.165, 1.54) is 4.68 Å². The Bertz CT molecular complexity index is 920. The van der Waals surface area contributed by atoms with Crippen LogP contribution in [0, 0.1) is 0 Å². The molecule has 0 spiro atoms. The molecular weight excluding hydrogens is 316 g/mol. The molecule has 7 heteroatoms. The Kier molecular flexibility index (Phi) is 3.68. The zero-order valence-electron chi connectivity index (χ0n) is 13.8. The topological polar surface area (TPSA) is 89.9 Å². The molecule has 1 atom stereocenters. The van der Waals surface area contributed by atoms with Gasteiger partial charge in [0.1, 0.15) is 0 Å². The second kappa shape index (κ2) is 6.01. The van der Waals surface area contributed by atoms with Crippen LogP contribution < -0.4 is 10.6 Å². The molecule has 0 aliphatic carbocycles. The van der Waals surface area contributed by atoms with Crippen molar-refractivity contribution in [3.63, 3.8) is 0 Å². The van der Waals surface area contributed by atoms with Crippen LogP contribution in [0.15, 0.2) is 48.8 Å². The van der Waals surface area contributed by atoms with Crippen LogP contribution in [0.2, 0.25) is 0 Å². The summed E-state index contributed by atoms with van der Waals surface area (Å²) in [5.74, 6) is 0.107. The van der Waals surface area contributed by atoms with Crippen molar-refractivity contribution in [1.29, 1.82) is 0 Å². The van der Waals surface area contributed by atoms with Crippen LogP contribution in [0.1, 0.15) is 22.7 Å². The Labute approximate surface area is 145 Å². The molecule has 3 heterocycles. The minimum Gasteiger partial charge on any atom is -0.374 e. The molecule has 0 radical (unpaired) electrons. The van der Waals surface area contributed by atoms with E-state index < -0.39 is 0 Å². The Morgan fingerprint density at radius 1 is 1.20 bits per heavy atom. The molecule has 126 valence electrons. The van der Waals surface area contributed by atoms with Crippen molar-refractivity contribution in [1.82, 2.24) is 19.7 Å². The highest BCUT2D eigenvalue weighted by molar-refractivity contribution is 5.89. The smallest absolute Gasteiger partial charge is 0.257 e. The van der Waals surface area contributed by atoms with Gasteiger partial charge in [-0.2, -0.15) is 9.67 Å². The highest BCUT2D eigenvalue weighted by Gasteiger charge is 2.31. The van der Waals surface area contributed by atoms with E-state index in [9.17, 15) is 4.79 Å². The number of rotatable bonds is 2. The Balaban J connectivity index is 1.71. The summed E-state index contributed by atoms with van der Waals surface area (Å²) in [4.78, 5) is 23.5. The summed E-state index contributed by atoms with van der Waals surface area (Å²) in [5.41, 5.74) is 8.82. The van der Waals surface area contributed by atoms with Crippen LogP contribution in [-0.4, -0.2) is 39.2 Å². The van der Waals surface area contributed by atoms with Gasteiger partial charge < -0.3 is 10.6 Å². The summed E-state index contributed by atoms with van der Waals surface area (Å²) in [6.45, 7) is 0.805. The van der Waals surface area contributed by atoms with Crippen LogP contribution in [0.5, 0.6) is 0 Å². The highest BCUT2D eigenvalue weighted by Crippen LogP contribution is 2.35. The lowest BCUT2D eigenvalue weighted by Gasteiger charge is -2.32. The number of carbonyl (C=O) groups excluding carboxylic acids is 1. The van der Waals surface area contributed by atoms with Crippen molar-refractivity contribution in [2.45, 2.75) is 12.3 Å². The van der Waals surface area contributed by atoms with Crippen molar-refractivity contribution in [2.75, 3.05) is 24.2 Å². The van der Waals surface area contributed by atoms with Gasteiger partial charge in [-0.1, -0.05) is 18.2 Å². The van der Waals surface area contributed by atoms with Gasteiger partial charge in [0.25, 0.3) is 5.91 Å². The van der Waals surface area contributed by atoms with Gasteiger partial charge in [0.2, 0.25) is 5.95 Å². The predicted octanol–water partition coefficient (Wildman–Crippen LogP) is 2.19. The van der Waals surface area contributed by atoms with Crippen molar-refractivity contribution in [3.8, 4) is 11.4 Å². The minimum absolute atomic E-state index is 0.105. The molecule has 3 aromatic rings. The van der Waals surface area contributed by atoms with E-state index in [1.54, 1.807) is 24.5 Å². The zero-order chi connectivity index (χ0) is 17.4. The van der Waals surface area contributed by atoms with Gasteiger partial charge in [0.15, 0.2) is 5.82 Å². The maximum atomic E-state index is 13.1. The molecule has 7 nitrogen and oxygen atoms in total. The fourth-order valence-corrected chi connectivity index (χ4v) is 3.24. The van der Waals surface area contributed by atoms with Crippen molar-refractivity contribution < 1.29 is 4.79 Å². The van der Waals surface area contributed by atoms with E-state index in [2.05, 4.69) is 20.0 Å². The number of nitrogens with zero attached hydrogens (tertiary/aromatic N) is 5. The SMILES string of the molecule is CN1CCC(C(=O)n2nc(-c3ccncc3)nc2N)c2ccccc21. The molecule has 1 unspecified atom stereocenters. The fraction of sp³-hybridized carbons (Fsp3) is 0.222. The number of carbonyl (C=O) groups is 1. The second-order valence-electron chi connectivity index (χ2n) is 6.10. The monoisotopic (exact) mass is 334 g/mol. The summed E-state index contributed by atoms with van der Waals surface area (Å²) in [7, 11) is 2.03. The van der Waals surface area contributed by atoms with Gasteiger partial charge in [0.05, 0.1) is 5.92 Å². The van der Waals surface area contributed by atoms with Gasteiger partial charge >= 0.3 is 0 Å². The van der Waals surface area contributed by atoms with Crippen LogP contribution in [-0.2, 0) is 0 Å². The van der Waals surface area contributed by atoms with Crippen LogP contribution in [0.3, 0.4) is 0 Å².